The molecule has 1 atom stereocenters. The molecule has 6 heteroatoms. The smallest absolute Gasteiger partial charge is 0.326 e. The lowest BCUT2D eigenvalue weighted by molar-refractivity contribution is -0.141. The minimum atomic E-state index is -1.06. The van der Waals surface area contributed by atoms with E-state index in [0.717, 1.165) is 38.2 Å². The standard InChI is InChI=1S/C15H19FN2O3/c16-11-8-4-7-10(12(11)17)14(19)18-13(15(20)21)9-5-2-1-3-6-9/h4,7-9,13H,1-3,5-6,17H2,(H,18,19)(H,20,21). The van der Waals surface area contributed by atoms with Gasteiger partial charge < -0.3 is 16.2 Å². The number of nitrogens with two attached hydrogens (primary N) is 1. The molecular weight excluding hydrogens is 275 g/mol. The molecule has 1 saturated carbocycles. The van der Waals surface area contributed by atoms with Crippen LogP contribution in [-0.2, 0) is 4.79 Å². The molecule has 0 spiro atoms. The van der Waals surface area contributed by atoms with Crippen LogP contribution < -0.4 is 11.1 Å². The maximum atomic E-state index is 13.4. The normalized spacial score (nSPS) is 17.2. The Kier molecular flexibility index (Phi) is 4.77. The van der Waals surface area contributed by atoms with Crippen LogP contribution in [-0.4, -0.2) is 23.0 Å². The van der Waals surface area contributed by atoms with Crippen LogP contribution in [0.25, 0.3) is 0 Å². The third-order valence-electron chi connectivity index (χ3n) is 3.97. The van der Waals surface area contributed by atoms with E-state index in [4.69, 9.17) is 5.73 Å². The van der Waals surface area contributed by atoms with Crippen molar-refractivity contribution in [1.29, 1.82) is 0 Å². The first-order valence-electron chi connectivity index (χ1n) is 7.08. The van der Waals surface area contributed by atoms with E-state index >= 15 is 0 Å². The molecule has 1 aliphatic rings. The van der Waals surface area contributed by atoms with Crippen LogP contribution in [0, 0.1) is 11.7 Å². The number of para-hydroxylation sites is 1. The number of rotatable bonds is 4. The second-order valence-corrected chi connectivity index (χ2v) is 5.39. The van der Waals surface area contributed by atoms with E-state index in [1.165, 1.54) is 12.1 Å². The number of anilines is 1. The average Bonchev–Trinajstić information content (AvgIpc) is 2.48. The van der Waals surface area contributed by atoms with Gasteiger partial charge in [0.15, 0.2) is 0 Å². The first-order valence-corrected chi connectivity index (χ1v) is 7.08. The van der Waals surface area contributed by atoms with E-state index in [9.17, 15) is 19.1 Å². The maximum Gasteiger partial charge on any atom is 0.326 e. The number of carboxylic acids is 1. The van der Waals surface area contributed by atoms with Crippen molar-refractivity contribution in [2.75, 3.05) is 5.73 Å². The summed E-state index contributed by atoms with van der Waals surface area (Å²) >= 11 is 0. The predicted molar refractivity (Wildman–Crippen MR) is 76.3 cm³/mol. The molecule has 5 nitrogen and oxygen atoms in total. The van der Waals surface area contributed by atoms with E-state index in [1.807, 2.05) is 0 Å². The van der Waals surface area contributed by atoms with E-state index in [1.54, 1.807) is 0 Å². The van der Waals surface area contributed by atoms with E-state index in [0.29, 0.717) is 0 Å². The van der Waals surface area contributed by atoms with Gasteiger partial charge in [0.1, 0.15) is 11.9 Å². The molecule has 0 radical (unpaired) electrons. The number of nitrogens with one attached hydrogen (secondary N) is 1. The molecule has 1 aliphatic carbocycles. The lowest BCUT2D eigenvalue weighted by atomic mass is 9.84. The van der Waals surface area contributed by atoms with Crippen molar-refractivity contribution in [2.24, 2.45) is 5.92 Å². The summed E-state index contributed by atoms with van der Waals surface area (Å²) in [6.07, 6.45) is 4.57. The summed E-state index contributed by atoms with van der Waals surface area (Å²) in [6.45, 7) is 0. The Balaban J connectivity index is 2.14. The van der Waals surface area contributed by atoms with Crippen LogP contribution in [0.1, 0.15) is 42.5 Å². The Labute approximate surface area is 122 Å². The fourth-order valence-electron chi connectivity index (χ4n) is 2.80. The highest BCUT2D eigenvalue weighted by molar-refractivity contribution is 6.00. The first kappa shape index (κ1) is 15.3. The van der Waals surface area contributed by atoms with Gasteiger partial charge in [0, 0.05) is 0 Å². The summed E-state index contributed by atoms with van der Waals surface area (Å²) in [5, 5.41) is 11.8. The average molecular weight is 294 g/mol. The number of aliphatic carboxylic acids is 1. The van der Waals surface area contributed by atoms with Gasteiger partial charge in [0.05, 0.1) is 11.3 Å². The number of hydrogen-bond donors (Lipinski definition) is 3. The van der Waals surface area contributed by atoms with Crippen molar-refractivity contribution in [1.82, 2.24) is 5.32 Å². The van der Waals surface area contributed by atoms with Crippen molar-refractivity contribution < 1.29 is 19.1 Å². The number of halogens is 1. The third kappa shape index (κ3) is 3.51. The van der Waals surface area contributed by atoms with E-state index in [-0.39, 0.29) is 17.2 Å². The summed E-state index contributed by atoms with van der Waals surface area (Å²) < 4.78 is 13.4. The van der Waals surface area contributed by atoms with E-state index in [2.05, 4.69) is 5.32 Å². The molecule has 1 amide bonds. The molecule has 1 unspecified atom stereocenters. The maximum absolute atomic E-state index is 13.4. The summed E-state index contributed by atoms with van der Waals surface area (Å²) in [5.74, 6) is -2.49. The van der Waals surface area contributed by atoms with Gasteiger partial charge in [-0.25, -0.2) is 9.18 Å². The Morgan fingerprint density at radius 3 is 2.57 bits per heavy atom. The van der Waals surface area contributed by atoms with Crippen LogP contribution in [0.2, 0.25) is 0 Å². The van der Waals surface area contributed by atoms with E-state index < -0.39 is 23.7 Å². The summed E-state index contributed by atoms with van der Waals surface area (Å²) in [6, 6.07) is 2.95. The van der Waals surface area contributed by atoms with Crippen molar-refractivity contribution in [3.8, 4) is 0 Å². The fourth-order valence-corrected chi connectivity index (χ4v) is 2.80. The van der Waals surface area contributed by atoms with Gasteiger partial charge in [-0.05, 0) is 30.9 Å². The van der Waals surface area contributed by atoms with Gasteiger partial charge in [-0.3, -0.25) is 4.79 Å². The molecule has 0 aromatic heterocycles. The number of nitrogen functional groups attached to an aromatic ring is 1. The summed E-state index contributed by atoms with van der Waals surface area (Å²) in [7, 11) is 0. The molecule has 0 saturated heterocycles. The summed E-state index contributed by atoms with van der Waals surface area (Å²) in [5.41, 5.74) is 5.24. The highest BCUT2D eigenvalue weighted by atomic mass is 19.1. The monoisotopic (exact) mass is 294 g/mol. The van der Waals surface area contributed by atoms with Crippen LogP contribution in [0.4, 0.5) is 10.1 Å². The molecule has 2 rings (SSSR count). The number of carboxylic acid groups (broad SMARTS) is 1. The minimum Gasteiger partial charge on any atom is -0.480 e. The fraction of sp³-hybridized carbons (Fsp3) is 0.467. The highest BCUT2D eigenvalue weighted by Crippen LogP contribution is 2.27. The zero-order chi connectivity index (χ0) is 15.4. The van der Waals surface area contributed by atoms with Crippen LogP contribution >= 0.6 is 0 Å². The lowest BCUT2D eigenvalue weighted by Crippen LogP contribution is -2.46. The molecule has 114 valence electrons. The molecule has 0 bridgehead atoms. The number of hydrogen-bond acceptors (Lipinski definition) is 3. The first-order chi connectivity index (χ1) is 10.0. The number of carbonyl (C=O) groups excluding carboxylic acids is 1. The van der Waals surface area contributed by atoms with Gasteiger partial charge in [-0.1, -0.05) is 25.3 Å². The second kappa shape index (κ2) is 6.56. The van der Waals surface area contributed by atoms with Crippen molar-refractivity contribution in [3.05, 3.63) is 29.6 Å². The molecule has 21 heavy (non-hydrogen) atoms. The van der Waals surface area contributed by atoms with Crippen LogP contribution in [0.5, 0.6) is 0 Å². The molecule has 0 heterocycles. The largest absolute Gasteiger partial charge is 0.480 e. The van der Waals surface area contributed by atoms with Crippen LogP contribution in [0.15, 0.2) is 18.2 Å². The quantitative estimate of drug-likeness (QED) is 0.742. The van der Waals surface area contributed by atoms with Crippen molar-refractivity contribution in [2.45, 2.75) is 38.1 Å². The lowest BCUT2D eigenvalue weighted by Gasteiger charge is -2.28. The molecule has 1 aromatic rings. The SMILES string of the molecule is Nc1c(F)cccc1C(=O)NC(C(=O)O)C1CCCCC1. The molecule has 1 aromatic carbocycles. The molecule has 4 N–H and O–H groups in total. The van der Waals surface area contributed by atoms with Gasteiger partial charge in [-0.15, -0.1) is 0 Å². The number of carbonyl (C=O) groups is 2. The number of benzene rings is 1. The Morgan fingerprint density at radius 2 is 1.95 bits per heavy atom. The van der Waals surface area contributed by atoms with Gasteiger partial charge in [0.25, 0.3) is 5.91 Å². The Hall–Kier alpha value is -2.11. The van der Waals surface area contributed by atoms with Gasteiger partial charge >= 0.3 is 5.97 Å². The topological polar surface area (TPSA) is 92.4 Å². The minimum absolute atomic E-state index is 0.0305. The zero-order valence-electron chi connectivity index (χ0n) is 11.6. The number of amides is 1. The van der Waals surface area contributed by atoms with Crippen molar-refractivity contribution in [3.63, 3.8) is 0 Å². The Bertz CT molecular complexity index is 542. The Morgan fingerprint density at radius 1 is 1.29 bits per heavy atom. The highest BCUT2D eigenvalue weighted by Gasteiger charge is 2.31. The van der Waals surface area contributed by atoms with Gasteiger partial charge in [-0.2, -0.15) is 0 Å². The molecule has 1 fully saturated rings. The molecular formula is C15H19FN2O3. The predicted octanol–water partition coefficient (Wildman–Crippen LogP) is 2.17. The van der Waals surface area contributed by atoms with Gasteiger partial charge in [0.2, 0.25) is 0 Å². The van der Waals surface area contributed by atoms with Crippen LogP contribution in [0.3, 0.4) is 0 Å². The summed E-state index contributed by atoms with van der Waals surface area (Å²) in [4.78, 5) is 23.6. The second-order valence-electron chi connectivity index (χ2n) is 5.39. The zero-order valence-corrected chi connectivity index (χ0v) is 11.6. The third-order valence-corrected chi connectivity index (χ3v) is 3.97. The van der Waals surface area contributed by atoms with Crippen molar-refractivity contribution >= 4 is 17.6 Å². The molecule has 0 aliphatic heterocycles.